The van der Waals surface area contributed by atoms with E-state index in [2.05, 4.69) is 25.2 Å². The smallest absolute Gasteiger partial charge is 0.273 e. The summed E-state index contributed by atoms with van der Waals surface area (Å²) in [6, 6.07) is 9.69. The molecule has 7 heteroatoms. The van der Waals surface area contributed by atoms with E-state index in [9.17, 15) is 4.79 Å². The molecule has 0 bridgehead atoms. The largest absolute Gasteiger partial charge is 0.346 e. The van der Waals surface area contributed by atoms with Crippen LogP contribution in [-0.2, 0) is 13.0 Å². The minimum Gasteiger partial charge on any atom is -0.346 e. The second-order valence-corrected chi connectivity index (χ2v) is 5.59. The van der Waals surface area contributed by atoms with Gasteiger partial charge < -0.3 is 9.88 Å². The number of aromatic nitrogens is 5. The van der Waals surface area contributed by atoms with Crippen LogP contribution in [0.2, 0.25) is 0 Å². The molecule has 4 rings (SSSR count). The third kappa shape index (κ3) is 2.73. The van der Waals surface area contributed by atoms with Crippen molar-refractivity contribution in [2.24, 2.45) is 0 Å². The monoisotopic (exact) mass is 308 g/mol. The Bertz CT molecular complexity index is 822. The number of fused-ring (bicyclic) bond motifs is 1. The van der Waals surface area contributed by atoms with Crippen molar-refractivity contribution < 1.29 is 4.79 Å². The average molecular weight is 308 g/mol. The number of aryl methyl sites for hydroxylation is 1. The Labute approximate surface area is 133 Å². The summed E-state index contributed by atoms with van der Waals surface area (Å²) < 4.78 is 3.68. The fraction of sp³-hybridized carbons (Fsp3) is 0.250. The lowest BCUT2D eigenvalue weighted by Gasteiger charge is -2.24. The highest BCUT2D eigenvalue weighted by Crippen LogP contribution is 2.13. The maximum atomic E-state index is 12.4. The number of rotatable bonds is 3. The first-order valence-electron chi connectivity index (χ1n) is 7.58. The number of carbonyl (C=O) groups is 1. The van der Waals surface area contributed by atoms with Gasteiger partial charge in [-0.3, -0.25) is 4.79 Å². The van der Waals surface area contributed by atoms with Crippen LogP contribution in [0.3, 0.4) is 0 Å². The zero-order valence-electron chi connectivity index (χ0n) is 12.5. The standard InChI is InChI=1S/C16H16N6O/c23-16(18-12-6-7-15-17-8-9-21(15)10-12)14-11-22(20-19-14)13-4-2-1-3-5-13/h1-5,8-9,11-12H,6-7,10H2,(H,18,23)/t12-/m0/s1. The topological polar surface area (TPSA) is 77.6 Å². The van der Waals surface area contributed by atoms with Crippen LogP contribution >= 0.6 is 0 Å². The molecule has 3 heterocycles. The summed E-state index contributed by atoms with van der Waals surface area (Å²) in [5.41, 5.74) is 1.20. The first kappa shape index (κ1) is 13.7. The zero-order valence-corrected chi connectivity index (χ0v) is 12.5. The summed E-state index contributed by atoms with van der Waals surface area (Å²) in [5, 5.41) is 11.0. The van der Waals surface area contributed by atoms with Crippen molar-refractivity contribution >= 4 is 5.91 Å². The molecule has 1 amide bonds. The highest BCUT2D eigenvalue weighted by atomic mass is 16.2. The Morgan fingerprint density at radius 2 is 2.13 bits per heavy atom. The van der Waals surface area contributed by atoms with Gasteiger partial charge in [0.05, 0.1) is 11.9 Å². The Morgan fingerprint density at radius 1 is 1.26 bits per heavy atom. The van der Waals surface area contributed by atoms with Crippen LogP contribution in [0.4, 0.5) is 0 Å². The number of nitrogens with one attached hydrogen (secondary N) is 1. The summed E-state index contributed by atoms with van der Waals surface area (Å²) in [6.07, 6.45) is 7.14. The molecule has 0 unspecified atom stereocenters. The Balaban J connectivity index is 1.45. The van der Waals surface area contributed by atoms with Crippen LogP contribution in [0.25, 0.3) is 5.69 Å². The number of hydrogen-bond donors (Lipinski definition) is 1. The highest BCUT2D eigenvalue weighted by molar-refractivity contribution is 5.92. The van der Waals surface area contributed by atoms with Crippen LogP contribution < -0.4 is 5.32 Å². The minimum absolute atomic E-state index is 0.0890. The Kier molecular flexibility index (Phi) is 3.38. The van der Waals surface area contributed by atoms with E-state index in [4.69, 9.17) is 0 Å². The van der Waals surface area contributed by atoms with Crippen molar-refractivity contribution in [3.05, 3.63) is 60.4 Å². The summed E-state index contributed by atoms with van der Waals surface area (Å²) in [5.74, 6) is 0.881. The summed E-state index contributed by atoms with van der Waals surface area (Å²) in [7, 11) is 0. The van der Waals surface area contributed by atoms with Gasteiger partial charge in [0, 0.05) is 31.4 Å². The Morgan fingerprint density at radius 3 is 3.00 bits per heavy atom. The van der Waals surface area contributed by atoms with Gasteiger partial charge in [0.2, 0.25) is 0 Å². The van der Waals surface area contributed by atoms with E-state index in [-0.39, 0.29) is 11.9 Å². The molecular weight excluding hydrogens is 292 g/mol. The average Bonchev–Trinajstić information content (AvgIpc) is 3.24. The molecule has 2 aromatic heterocycles. The molecule has 1 aliphatic heterocycles. The minimum atomic E-state index is -0.194. The molecule has 1 atom stereocenters. The van der Waals surface area contributed by atoms with Crippen molar-refractivity contribution in [2.45, 2.75) is 25.4 Å². The third-order valence-corrected chi connectivity index (χ3v) is 4.02. The summed E-state index contributed by atoms with van der Waals surface area (Å²) in [4.78, 5) is 16.6. The number of imidazole rings is 1. The van der Waals surface area contributed by atoms with Crippen LogP contribution in [0.15, 0.2) is 48.9 Å². The number of para-hydroxylation sites is 1. The maximum absolute atomic E-state index is 12.4. The molecule has 1 aromatic carbocycles. The molecule has 116 valence electrons. The molecule has 0 radical (unpaired) electrons. The van der Waals surface area contributed by atoms with Gasteiger partial charge in [0.15, 0.2) is 5.69 Å². The number of benzene rings is 1. The number of carbonyl (C=O) groups excluding carboxylic acids is 1. The molecular formula is C16H16N6O. The Hall–Kier alpha value is -2.96. The van der Waals surface area contributed by atoms with Gasteiger partial charge in [-0.1, -0.05) is 23.4 Å². The molecule has 0 aliphatic carbocycles. The normalized spacial score (nSPS) is 16.8. The van der Waals surface area contributed by atoms with E-state index < -0.39 is 0 Å². The fourth-order valence-corrected chi connectivity index (χ4v) is 2.82. The van der Waals surface area contributed by atoms with E-state index in [1.54, 1.807) is 17.1 Å². The first-order chi connectivity index (χ1) is 11.3. The van der Waals surface area contributed by atoms with Gasteiger partial charge in [-0.15, -0.1) is 5.10 Å². The van der Waals surface area contributed by atoms with Crippen molar-refractivity contribution in [1.29, 1.82) is 0 Å². The van der Waals surface area contributed by atoms with E-state index in [1.807, 2.05) is 36.5 Å². The van der Waals surface area contributed by atoms with Crippen LogP contribution in [0.5, 0.6) is 0 Å². The SMILES string of the molecule is O=C(N[C@H]1CCc2nccn2C1)c1cn(-c2ccccc2)nn1. The van der Waals surface area contributed by atoms with Crippen molar-refractivity contribution in [1.82, 2.24) is 29.9 Å². The lowest BCUT2D eigenvalue weighted by molar-refractivity contribution is 0.0922. The van der Waals surface area contributed by atoms with Crippen molar-refractivity contribution in [3.8, 4) is 5.69 Å². The van der Waals surface area contributed by atoms with E-state index in [1.165, 1.54) is 0 Å². The second kappa shape index (κ2) is 5.68. The lowest BCUT2D eigenvalue weighted by atomic mass is 10.1. The van der Waals surface area contributed by atoms with Crippen molar-refractivity contribution in [3.63, 3.8) is 0 Å². The molecule has 0 saturated heterocycles. The lowest BCUT2D eigenvalue weighted by Crippen LogP contribution is -2.41. The van der Waals surface area contributed by atoms with Gasteiger partial charge >= 0.3 is 0 Å². The van der Waals surface area contributed by atoms with Crippen LogP contribution in [0, 0.1) is 0 Å². The van der Waals surface area contributed by atoms with Crippen LogP contribution in [0.1, 0.15) is 22.7 Å². The summed E-state index contributed by atoms with van der Waals surface area (Å²) in [6.45, 7) is 0.744. The molecule has 3 aromatic rings. The molecule has 0 fully saturated rings. The predicted octanol–water partition coefficient (Wildman–Crippen LogP) is 1.21. The number of amides is 1. The van der Waals surface area contributed by atoms with E-state index in [0.717, 1.165) is 30.9 Å². The zero-order chi connectivity index (χ0) is 15.6. The quantitative estimate of drug-likeness (QED) is 0.789. The molecule has 0 saturated carbocycles. The molecule has 23 heavy (non-hydrogen) atoms. The van der Waals surface area contributed by atoms with Gasteiger partial charge in [-0.2, -0.15) is 0 Å². The van der Waals surface area contributed by atoms with Gasteiger partial charge in [-0.25, -0.2) is 9.67 Å². The van der Waals surface area contributed by atoms with Crippen LogP contribution in [-0.4, -0.2) is 36.5 Å². The van der Waals surface area contributed by atoms with Gasteiger partial charge in [-0.05, 0) is 18.6 Å². The number of hydrogen-bond acceptors (Lipinski definition) is 4. The molecule has 1 N–H and O–H groups in total. The predicted molar refractivity (Wildman–Crippen MR) is 83.2 cm³/mol. The summed E-state index contributed by atoms with van der Waals surface area (Å²) >= 11 is 0. The van der Waals surface area contributed by atoms with E-state index in [0.29, 0.717) is 5.69 Å². The molecule has 0 spiro atoms. The van der Waals surface area contributed by atoms with Crippen molar-refractivity contribution in [2.75, 3.05) is 0 Å². The number of nitrogens with zero attached hydrogens (tertiary/aromatic N) is 5. The highest BCUT2D eigenvalue weighted by Gasteiger charge is 2.22. The van der Waals surface area contributed by atoms with Gasteiger partial charge in [0.25, 0.3) is 5.91 Å². The first-order valence-corrected chi connectivity index (χ1v) is 7.58. The van der Waals surface area contributed by atoms with Gasteiger partial charge in [0.1, 0.15) is 5.82 Å². The maximum Gasteiger partial charge on any atom is 0.273 e. The third-order valence-electron chi connectivity index (χ3n) is 4.02. The molecule has 7 nitrogen and oxygen atoms in total. The fourth-order valence-electron chi connectivity index (χ4n) is 2.82. The van der Waals surface area contributed by atoms with E-state index >= 15 is 0 Å². The molecule has 1 aliphatic rings. The second-order valence-electron chi connectivity index (χ2n) is 5.59.